The molecule has 5 aliphatic carbocycles. The molecule has 0 atom stereocenters. The Bertz CT molecular complexity index is 2860. The summed E-state index contributed by atoms with van der Waals surface area (Å²) in [6.07, 6.45) is 15.9. The number of rotatable bonds is 6. The van der Waals surface area contributed by atoms with Gasteiger partial charge < -0.3 is 9.80 Å². The van der Waals surface area contributed by atoms with Gasteiger partial charge in [-0.3, -0.25) is 0 Å². The molecule has 2 heteroatoms. The van der Waals surface area contributed by atoms with Crippen LogP contribution in [0.1, 0.15) is 101 Å². The van der Waals surface area contributed by atoms with Crippen molar-refractivity contribution < 1.29 is 0 Å². The average Bonchev–Trinajstić information content (AvgIpc) is 3.74. The Morgan fingerprint density at radius 2 is 1.03 bits per heavy atom. The maximum atomic E-state index is 2.61. The predicted molar refractivity (Wildman–Crippen MR) is 250 cm³/mol. The van der Waals surface area contributed by atoms with Gasteiger partial charge in [-0.1, -0.05) is 145 Å². The molecule has 0 unspecified atom stereocenters. The van der Waals surface area contributed by atoms with Gasteiger partial charge in [-0.25, -0.2) is 0 Å². The van der Waals surface area contributed by atoms with Crippen molar-refractivity contribution in [3.8, 4) is 22.3 Å². The standard InChI is InChI=1S/C57H52N2/c1-55(2)47-26-16-13-23-42(47)44-31-29-39(33-50(44)55)58(37-19-9-7-10-20-37)41-35-52-54(46-25-15-18-28-49(46)57(52,5)6)53(36-41)59(38-21-11-8-12-22-38)40-30-32-45-43-24-14-17-27-48(43)56(3,4)51(45)34-40/h7-11,14-21,24-36H,12-13,22-23H2,1-6H3. The van der Waals surface area contributed by atoms with Crippen LogP contribution in [0.5, 0.6) is 0 Å². The number of nitrogens with zero attached hydrogens (tertiary/aromatic N) is 2. The van der Waals surface area contributed by atoms with Crippen molar-refractivity contribution >= 4 is 34.0 Å². The van der Waals surface area contributed by atoms with E-state index in [-0.39, 0.29) is 16.2 Å². The van der Waals surface area contributed by atoms with Crippen molar-refractivity contribution in [2.24, 2.45) is 0 Å². The fourth-order valence-electron chi connectivity index (χ4n) is 11.3. The van der Waals surface area contributed by atoms with E-state index in [1.54, 1.807) is 0 Å². The van der Waals surface area contributed by atoms with Crippen molar-refractivity contribution in [1.82, 2.24) is 0 Å². The fraction of sp³-hybridized carbons (Fsp3) is 0.228. The third-order valence-corrected chi connectivity index (χ3v) is 14.4. The molecular formula is C57H52N2. The summed E-state index contributed by atoms with van der Waals surface area (Å²) >= 11 is 0. The van der Waals surface area contributed by atoms with Gasteiger partial charge in [0.25, 0.3) is 0 Å². The van der Waals surface area contributed by atoms with Crippen LogP contribution in [0.25, 0.3) is 27.8 Å². The Balaban J connectivity index is 1.17. The summed E-state index contributed by atoms with van der Waals surface area (Å²) in [5, 5.41) is 0. The van der Waals surface area contributed by atoms with E-state index in [1.165, 1.54) is 95.2 Å². The third kappa shape index (κ3) is 5.24. The lowest BCUT2D eigenvalue weighted by Crippen LogP contribution is -2.22. The minimum Gasteiger partial charge on any atom is -0.313 e. The zero-order valence-corrected chi connectivity index (χ0v) is 35.2. The molecule has 2 nitrogen and oxygen atoms in total. The SMILES string of the molecule is CC1(C)C2=C(CCC=C2)c2ccc(N(c3ccccc3)c3cc(N(C4=CC=CCC4)c4ccc5c(c4)C(C)(C)c4ccccc4-5)c4c(c3)C(C)(C)c3ccccc3-4)cc21. The molecule has 6 aromatic rings. The predicted octanol–water partition coefficient (Wildman–Crippen LogP) is 15.5. The highest BCUT2D eigenvalue weighted by Gasteiger charge is 2.42. The summed E-state index contributed by atoms with van der Waals surface area (Å²) in [7, 11) is 0. The molecule has 0 saturated carbocycles. The second-order valence-electron chi connectivity index (χ2n) is 18.8. The first-order chi connectivity index (χ1) is 28.5. The van der Waals surface area contributed by atoms with Crippen molar-refractivity contribution in [2.45, 2.75) is 83.5 Å². The van der Waals surface area contributed by atoms with Crippen molar-refractivity contribution in [2.75, 3.05) is 9.80 Å². The first-order valence-corrected chi connectivity index (χ1v) is 21.6. The highest BCUT2D eigenvalue weighted by Crippen LogP contribution is 2.58. The normalized spacial score (nSPS) is 18.0. The fourth-order valence-corrected chi connectivity index (χ4v) is 11.3. The summed E-state index contributed by atoms with van der Waals surface area (Å²) in [5.41, 5.74) is 23.6. The van der Waals surface area contributed by atoms with Crippen molar-refractivity contribution in [3.63, 3.8) is 0 Å². The lowest BCUT2D eigenvalue weighted by atomic mass is 9.80. The number of allylic oxidation sites excluding steroid dienone is 8. The molecule has 0 fully saturated rings. The van der Waals surface area contributed by atoms with Gasteiger partial charge in [0.1, 0.15) is 0 Å². The van der Waals surface area contributed by atoms with E-state index in [1.807, 2.05) is 0 Å². The Labute approximate surface area is 350 Å². The molecule has 59 heavy (non-hydrogen) atoms. The van der Waals surface area contributed by atoms with E-state index < -0.39 is 0 Å². The average molecular weight is 765 g/mol. The molecule has 11 rings (SSSR count). The lowest BCUT2D eigenvalue weighted by molar-refractivity contribution is 0.651. The molecule has 6 aromatic carbocycles. The van der Waals surface area contributed by atoms with Crippen LogP contribution >= 0.6 is 0 Å². The van der Waals surface area contributed by atoms with E-state index in [9.17, 15) is 0 Å². The van der Waals surface area contributed by atoms with Crippen LogP contribution in [0, 0.1) is 0 Å². The maximum absolute atomic E-state index is 2.61. The second-order valence-corrected chi connectivity index (χ2v) is 18.8. The molecule has 0 aliphatic heterocycles. The largest absolute Gasteiger partial charge is 0.313 e. The van der Waals surface area contributed by atoms with Crippen molar-refractivity contribution in [1.29, 1.82) is 0 Å². The number of hydrogen-bond donors (Lipinski definition) is 0. The Morgan fingerprint density at radius 3 is 1.78 bits per heavy atom. The summed E-state index contributed by atoms with van der Waals surface area (Å²) in [6.45, 7) is 14.4. The zero-order valence-electron chi connectivity index (χ0n) is 35.2. The topological polar surface area (TPSA) is 6.48 Å². The molecule has 0 saturated heterocycles. The summed E-state index contributed by atoms with van der Waals surface area (Å²) in [6, 6.07) is 48.7. The van der Waals surface area contributed by atoms with Crippen LogP contribution < -0.4 is 9.80 Å². The molecule has 0 heterocycles. The molecule has 0 aromatic heterocycles. The number of anilines is 5. The van der Waals surface area contributed by atoms with Gasteiger partial charge in [0, 0.05) is 50.3 Å². The molecule has 290 valence electrons. The Kier molecular flexibility index (Phi) is 7.89. The third-order valence-electron chi connectivity index (χ3n) is 14.4. The smallest absolute Gasteiger partial charge is 0.0560 e. The minimum atomic E-state index is -0.206. The number of hydrogen-bond acceptors (Lipinski definition) is 2. The lowest BCUT2D eigenvalue weighted by Gasteiger charge is -2.35. The molecule has 0 amide bonds. The Hall–Kier alpha value is -6.12. The molecule has 0 spiro atoms. The van der Waals surface area contributed by atoms with Gasteiger partial charge in [-0.2, -0.15) is 0 Å². The Morgan fingerprint density at radius 1 is 0.441 bits per heavy atom. The molecule has 0 bridgehead atoms. The van der Waals surface area contributed by atoms with Crippen LogP contribution in [0.4, 0.5) is 28.4 Å². The van der Waals surface area contributed by atoms with Gasteiger partial charge >= 0.3 is 0 Å². The van der Waals surface area contributed by atoms with Crippen LogP contribution in [-0.2, 0) is 16.2 Å². The van der Waals surface area contributed by atoms with Gasteiger partial charge in [-0.05, 0) is 142 Å². The van der Waals surface area contributed by atoms with E-state index in [4.69, 9.17) is 0 Å². The van der Waals surface area contributed by atoms with Gasteiger partial charge in [0.2, 0.25) is 0 Å². The summed E-state index contributed by atoms with van der Waals surface area (Å²) in [4.78, 5) is 5.13. The molecule has 5 aliphatic rings. The van der Waals surface area contributed by atoms with Gasteiger partial charge in [0.15, 0.2) is 0 Å². The molecular weight excluding hydrogens is 713 g/mol. The van der Waals surface area contributed by atoms with Crippen LogP contribution in [0.15, 0.2) is 169 Å². The first kappa shape index (κ1) is 36.0. The number of fused-ring (bicyclic) bond motifs is 8. The summed E-state index contributed by atoms with van der Waals surface area (Å²) in [5.74, 6) is 0. The monoisotopic (exact) mass is 764 g/mol. The molecule has 0 radical (unpaired) electrons. The van der Waals surface area contributed by atoms with Crippen molar-refractivity contribution in [3.05, 3.63) is 202 Å². The van der Waals surface area contributed by atoms with Crippen LogP contribution in [0.2, 0.25) is 0 Å². The number of benzene rings is 6. The van der Waals surface area contributed by atoms with Crippen LogP contribution in [-0.4, -0.2) is 0 Å². The highest BCUT2D eigenvalue weighted by atomic mass is 15.2. The van der Waals surface area contributed by atoms with Gasteiger partial charge in [-0.15, -0.1) is 0 Å². The first-order valence-electron chi connectivity index (χ1n) is 21.6. The van der Waals surface area contributed by atoms with E-state index in [2.05, 4.69) is 209 Å². The summed E-state index contributed by atoms with van der Waals surface area (Å²) < 4.78 is 0. The van der Waals surface area contributed by atoms with E-state index in [0.29, 0.717) is 0 Å². The second kappa shape index (κ2) is 12.9. The highest BCUT2D eigenvalue weighted by molar-refractivity contribution is 5.97. The number of para-hydroxylation sites is 1. The maximum Gasteiger partial charge on any atom is 0.0560 e. The van der Waals surface area contributed by atoms with Crippen LogP contribution in [0.3, 0.4) is 0 Å². The molecule has 0 N–H and O–H groups in total. The van der Waals surface area contributed by atoms with E-state index in [0.717, 1.165) is 31.4 Å². The van der Waals surface area contributed by atoms with E-state index >= 15 is 0 Å². The zero-order chi connectivity index (χ0) is 40.3. The minimum absolute atomic E-state index is 0.0640. The van der Waals surface area contributed by atoms with Gasteiger partial charge in [0.05, 0.1) is 5.69 Å². The quantitative estimate of drug-likeness (QED) is 0.167.